The third-order valence-corrected chi connectivity index (χ3v) is 2.20. The summed E-state index contributed by atoms with van der Waals surface area (Å²) in [6.07, 6.45) is 0. The van der Waals surface area contributed by atoms with E-state index in [0.717, 1.165) is 6.07 Å². The Balaban J connectivity index is 2.83. The summed E-state index contributed by atoms with van der Waals surface area (Å²) in [7, 11) is 0. The van der Waals surface area contributed by atoms with Crippen molar-refractivity contribution in [3.63, 3.8) is 0 Å². The molecule has 0 aliphatic heterocycles. The zero-order chi connectivity index (χ0) is 13.7. The van der Waals surface area contributed by atoms with Gasteiger partial charge in [0.1, 0.15) is 5.02 Å². The predicted octanol–water partition coefficient (Wildman–Crippen LogP) is 0.395. The molecule has 0 radical (unpaired) electrons. The van der Waals surface area contributed by atoms with Crippen LogP contribution in [0.25, 0.3) is 0 Å². The van der Waals surface area contributed by atoms with Crippen molar-refractivity contribution < 1.29 is 19.3 Å². The summed E-state index contributed by atoms with van der Waals surface area (Å²) in [6, 6.07) is 3.73. The summed E-state index contributed by atoms with van der Waals surface area (Å²) in [5.74, 6) is -1.59. The third kappa shape index (κ3) is 3.40. The number of carbonyl (C=O) groups is 2. The molecule has 1 aromatic rings. The lowest BCUT2D eigenvalue weighted by molar-refractivity contribution is -0.384. The van der Waals surface area contributed by atoms with E-state index < -0.39 is 29.0 Å². The first-order valence-electron chi connectivity index (χ1n) is 4.57. The topological polar surface area (TPSA) is 125 Å². The van der Waals surface area contributed by atoms with Crippen molar-refractivity contribution >= 4 is 29.1 Å². The van der Waals surface area contributed by atoms with Gasteiger partial charge in [0.05, 0.1) is 10.5 Å². The van der Waals surface area contributed by atoms with Crippen LogP contribution in [-0.4, -0.2) is 23.3 Å². The molecule has 0 saturated carbocycles. The maximum Gasteiger partial charge on any atom is 0.288 e. The van der Waals surface area contributed by atoms with E-state index in [-0.39, 0.29) is 10.6 Å². The minimum absolute atomic E-state index is 0.143. The van der Waals surface area contributed by atoms with Gasteiger partial charge in [-0.15, -0.1) is 0 Å². The lowest BCUT2D eigenvalue weighted by Crippen LogP contribution is -2.29. The van der Waals surface area contributed by atoms with Gasteiger partial charge in [-0.1, -0.05) is 17.7 Å². The SMILES string of the molecule is NC(=O)CONC(=O)c1cccc([N+](=O)[O-])c1Cl. The number of nitro benzene ring substituents is 1. The number of hydrogen-bond acceptors (Lipinski definition) is 5. The van der Waals surface area contributed by atoms with E-state index in [1.165, 1.54) is 12.1 Å². The molecule has 0 atom stereocenters. The normalized spacial score (nSPS) is 9.83. The second-order valence-corrected chi connectivity index (χ2v) is 3.46. The number of primary amides is 1. The zero-order valence-corrected chi connectivity index (χ0v) is 9.64. The Bertz CT molecular complexity index is 505. The highest BCUT2D eigenvalue weighted by molar-refractivity contribution is 6.35. The molecule has 1 rings (SSSR count). The van der Waals surface area contributed by atoms with Crippen LogP contribution in [0.3, 0.4) is 0 Å². The summed E-state index contributed by atoms with van der Waals surface area (Å²) in [6.45, 7) is -0.516. The highest BCUT2D eigenvalue weighted by atomic mass is 35.5. The van der Waals surface area contributed by atoms with Crippen molar-refractivity contribution in [2.75, 3.05) is 6.61 Å². The zero-order valence-electron chi connectivity index (χ0n) is 8.88. The van der Waals surface area contributed by atoms with Crippen molar-refractivity contribution in [2.24, 2.45) is 5.73 Å². The molecule has 96 valence electrons. The van der Waals surface area contributed by atoms with Crippen molar-refractivity contribution in [1.82, 2.24) is 5.48 Å². The van der Waals surface area contributed by atoms with Gasteiger partial charge in [-0.2, -0.15) is 0 Å². The van der Waals surface area contributed by atoms with Crippen LogP contribution in [-0.2, 0) is 9.63 Å². The average molecular weight is 274 g/mol. The van der Waals surface area contributed by atoms with Crippen LogP contribution < -0.4 is 11.2 Å². The van der Waals surface area contributed by atoms with Crippen LogP contribution in [0.5, 0.6) is 0 Å². The van der Waals surface area contributed by atoms with Gasteiger partial charge in [0.2, 0.25) is 5.91 Å². The minimum Gasteiger partial charge on any atom is -0.368 e. The lowest BCUT2D eigenvalue weighted by Gasteiger charge is -2.05. The minimum atomic E-state index is -0.815. The maximum absolute atomic E-state index is 11.5. The Morgan fingerprint density at radius 1 is 1.50 bits per heavy atom. The number of carbonyl (C=O) groups excluding carboxylic acids is 2. The third-order valence-electron chi connectivity index (χ3n) is 1.80. The molecule has 0 fully saturated rings. The number of halogens is 1. The van der Waals surface area contributed by atoms with E-state index >= 15 is 0 Å². The fourth-order valence-electron chi connectivity index (χ4n) is 1.06. The average Bonchev–Trinajstić information content (AvgIpc) is 2.28. The van der Waals surface area contributed by atoms with Crippen molar-refractivity contribution in [3.05, 3.63) is 38.9 Å². The first-order valence-corrected chi connectivity index (χ1v) is 4.94. The van der Waals surface area contributed by atoms with Crippen LogP contribution in [0, 0.1) is 10.1 Å². The number of hydrogen-bond donors (Lipinski definition) is 2. The molecule has 1 aromatic carbocycles. The van der Waals surface area contributed by atoms with E-state index in [0.29, 0.717) is 0 Å². The summed E-state index contributed by atoms with van der Waals surface area (Å²) in [5.41, 5.74) is 6.12. The Hall–Kier alpha value is -2.19. The van der Waals surface area contributed by atoms with Crippen LogP contribution in [0.4, 0.5) is 5.69 Å². The van der Waals surface area contributed by atoms with Crippen molar-refractivity contribution in [2.45, 2.75) is 0 Å². The van der Waals surface area contributed by atoms with E-state index in [1.54, 1.807) is 0 Å². The Labute approximate surface area is 106 Å². The molecule has 3 N–H and O–H groups in total. The van der Waals surface area contributed by atoms with E-state index in [4.69, 9.17) is 17.3 Å². The largest absolute Gasteiger partial charge is 0.368 e. The van der Waals surface area contributed by atoms with E-state index in [1.807, 2.05) is 5.48 Å². The molecule has 18 heavy (non-hydrogen) atoms. The van der Waals surface area contributed by atoms with Crippen molar-refractivity contribution in [3.8, 4) is 0 Å². The lowest BCUT2D eigenvalue weighted by atomic mass is 10.2. The fourth-order valence-corrected chi connectivity index (χ4v) is 1.34. The summed E-state index contributed by atoms with van der Waals surface area (Å²) < 4.78 is 0. The first kappa shape index (κ1) is 13.9. The number of amides is 2. The van der Waals surface area contributed by atoms with Gasteiger partial charge in [-0.05, 0) is 6.07 Å². The van der Waals surface area contributed by atoms with Crippen LogP contribution in [0.15, 0.2) is 18.2 Å². The van der Waals surface area contributed by atoms with E-state index in [9.17, 15) is 19.7 Å². The summed E-state index contributed by atoms with van der Waals surface area (Å²) in [4.78, 5) is 36.2. The summed E-state index contributed by atoms with van der Waals surface area (Å²) in [5, 5.41) is 10.3. The summed E-state index contributed by atoms with van der Waals surface area (Å²) >= 11 is 5.69. The molecular weight excluding hydrogens is 266 g/mol. The quantitative estimate of drug-likeness (QED) is 0.593. The molecule has 0 bridgehead atoms. The molecule has 9 heteroatoms. The number of rotatable bonds is 5. The molecule has 0 heterocycles. The standard InChI is InChI=1S/C9H8ClN3O5/c10-8-5(2-1-3-6(8)13(16)17)9(15)12-18-4-7(11)14/h1-3H,4H2,(H2,11,14)(H,12,15). The van der Waals surface area contributed by atoms with Gasteiger partial charge in [-0.25, -0.2) is 5.48 Å². The highest BCUT2D eigenvalue weighted by Gasteiger charge is 2.19. The molecule has 2 amide bonds. The molecule has 0 unspecified atom stereocenters. The smallest absolute Gasteiger partial charge is 0.288 e. The molecule has 0 aromatic heterocycles. The van der Waals surface area contributed by atoms with Gasteiger partial charge in [-0.3, -0.25) is 24.5 Å². The van der Waals surface area contributed by atoms with Crippen LogP contribution in [0.1, 0.15) is 10.4 Å². The molecule has 8 nitrogen and oxygen atoms in total. The Kier molecular flexibility index (Phi) is 4.58. The fraction of sp³-hybridized carbons (Fsp3) is 0.111. The number of benzene rings is 1. The number of nitrogens with two attached hydrogens (primary N) is 1. The second-order valence-electron chi connectivity index (χ2n) is 3.08. The molecular formula is C9H8ClN3O5. The second kappa shape index (κ2) is 5.94. The first-order chi connectivity index (χ1) is 8.43. The number of hydroxylamine groups is 1. The molecule has 0 aliphatic rings. The Morgan fingerprint density at radius 3 is 2.72 bits per heavy atom. The van der Waals surface area contributed by atoms with Gasteiger partial charge >= 0.3 is 0 Å². The Morgan fingerprint density at radius 2 is 2.17 bits per heavy atom. The van der Waals surface area contributed by atoms with Crippen LogP contribution >= 0.6 is 11.6 Å². The molecule has 0 saturated heterocycles. The molecule has 0 spiro atoms. The monoisotopic (exact) mass is 273 g/mol. The predicted molar refractivity (Wildman–Crippen MR) is 60.7 cm³/mol. The van der Waals surface area contributed by atoms with Gasteiger partial charge in [0.25, 0.3) is 11.6 Å². The number of nitrogens with one attached hydrogen (secondary N) is 1. The molecule has 0 aliphatic carbocycles. The highest BCUT2D eigenvalue weighted by Crippen LogP contribution is 2.27. The number of nitro groups is 1. The van der Waals surface area contributed by atoms with Crippen molar-refractivity contribution in [1.29, 1.82) is 0 Å². The number of nitrogens with zero attached hydrogens (tertiary/aromatic N) is 1. The van der Waals surface area contributed by atoms with Crippen LogP contribution in [0.2, 0.25) is 5.02 Å². The van der Waals surface area contributed by atoms with Gasteiger partial charge in [0, 0.05) is 6.07 Å². The van der Waals surface area contributed by atoms with Gasteiger partial charge in [0.15, 0.2) is 6.61 Å². The van der Waals surface area contributed by atoms with E-state index in [2.05, 4.69) is 4.84 Å². The van der Waals surface area contributed by atoms with Gasteiger partial charge < -0.3 is 5.73 Å². The maximum atomic E-state index is 11.5.